The van der Waals surface area contributed by atoms with Crippen LogP contribution in [-0.4, -0.2) is 53.8 Å². The number of ether oxygens (including phenoxy) is 4. The van der Waals surface area contributed by atoms with E-state index in [1.54, 1.807) is 28.4 Å². The molecular formula is C25H36NO4Si+. The number of nitrogens with zero attached hydrogens (tertiary/aromatic N) is 1. The van der Waals surface area contributed by atoms with Gasteiger partial charge in [0.2, 0.25) is 0 Å². The summed E-state index contributed by atoms with van der Waals surface area (Å²) in [5, 5.41) is 0. The standard InChI is InChI=1S/C25H36NO4Si/c1-17(31(6,7)8)20-9-10-22(27-2)25(30-5)21(20)16-26-12-11-18-13-23(28-3)24(29-4)14-19(18)15-26/h9-10,13-15,17H,11-12,16H2,1-8H3/q+1. The van der Waals surface area contributed by atoms with Crippen molar-refractivity contribution in [2.75, 3.05) is 35.0 Å². The highest BCUT2D eigenvalue weighted by Crippen LogP contribution is 2.40. The van der Waals surface area contributed by atoms with Gasteiger partial charge in [-0.3, -0.25) is 0 Å². The normalized spacial score (nSPS) is 14.4. The Bertz CT molecular complexity index is 978. The second kappa shape index (κ2) is 9.35. The highest BCUT2D eigenvalue weighted by molar-refractivity contribution is 6.77. The molecule has 0 aromatic heterocycles. The summed E-state index contributed by atoms with van der Waals surface area (Å²) < 4.78 is 24.8. The van der Waals surface area contributed by atoms with Crippen molar-refractivity contribution < 1.29 is 23.5 Å². The molecule has 0 saturated carbocycles. The fraction of sp³-hybridized carbons (Fsp3) is 0.480. The predicted octanol–water partition coefficient (Wildman–Crippen LogP) is 4.89. The van der Waals surface area contributed by atoms with E-state index in [0.717, 1.165) is 42.5 Å². The van der Waals surface area contributed by atoms with Gasteiger partial charge in [-0.15, -0.1) is 0 Å². The second-order valence-electron chi connectivity index (χ2n) is 9.21. The van der Waals surface area contributed by atoms with Crippen molar-refractivity contribution in [3.05, 3.63) is 46.5 Å². The van der Waals surface area contributed by atoms with Crippen molar-refractivity contribution >= 4 is 14.3 Å². The van der Waals surface area contributed by atoms with Crippen LogP contribution >= 0.6 is 0 Å². The molecule has 0 amide bonds. The molecule has 1 unspecified atom stereocenters. The Morgan fingerprint density at radius 2 is 1.55 bits per heavy atom. The third-order valence-corrected chi connectivity index (χ3v) is 9.36. The van der Waals surface area contributed by atoms with E-state index in [-0.39, 0.29) is 0 Å². The molecule has 0 radical (unpaired) electrons. The number of hydrogen-bond acceptors (Lipinski definition) is 4. The van der Waals surface area contributed by atoms with Crippen molar-refractivity contribution in [2.24, 2.45) is 0 Å². The Labute approximate surface area is 187 Å². The molecule has 0 aliphatic carbocycles. The van der Waals surface area contributed by atoms with Crippen LogP contribution in [0.4, 0.5) is 0 Å². The van der Waals surface area contributed by atoms with E-state index in [2.05, 4.69) is 55.6 Å². The Morgan fingerprint density at radius 3 is 2.13 bits per heavy atom. The van der Waals surface area contributed by atoms with Gasteiger partial charge in [-0.2, -0.15) is 0 Å². The van der Waals surface area contributed by atoms with Crippen LogP contribution in [0.25, 0.3) is 0 Å². The Kier molecular flexibility index (Phi) is 6.99. The number of fused-ring (bicyclic) bond motifs is 1. The van der Waals surface area contributed by atoms with Crippen molar-refractivity contribution in [1.29, 1.82) is 0 Å². The lowest BCUT2D eigenvalue weighted by atomic mass is 9.99. The third-order valence-electron chi connectivity index (χ3n) is 6.45. The second-order valence-corrected chi connectivity index (χ2v) is 14.8. The summed E-state index contributed by atoms with van der Waals surface area (Å²) >= 11 is 0. The maximum atomic E-state index is 5.86. The number of benzene rings is 2. The lowest BCUT2D eigenvalue weighted by Crippen LogP contribution is -2.30. The van der Waals surface area contributed by atoms with E-state index in [1.807, 2.05) is 6.07 Å². The summed E-state index contributed by atoms with van der Waals surface area (Å²) in [6, 6.07) is 8.42. The lowest BCUT2D eigenvalue weighted by Gasteiger charge is -2.28. The highest BCUT2D eigenvalue weighted by atomic mass is 28.3. The summed E-state index contributed by atoms with van der Waals surface area (Å²) in [6.45, 7) is 11.3. The zero-order valence-corrected chi connectivity index (χ0v) is 21.2. The Morgan fingerprint density at radius 1 is 0.903 bits per heavy atom. The fourth-order valence-corrected chi connectivity index (χ4v) is 5.37. The molecule has 168 valence electrons. The van der Waals surface area contributed by atoms with Gasteiger partial charge in [0.25, 0.3) is 0 Å². The average Bonchev–Trinajstić information content (AvgIpc) is 2.76. The van der Waals surface area contributed by atoms with Crippen LogP contribution in [0.5, 0.6) is 23.0 Å². The molecule has 1 aliphatic heterocycles. The molecule has 0 bridgehead atoms. The number of hydrogen-bond donors (Lipinski definition) is 0. The minimum absolute atomic E-state index is 0.503. The van der Waals surface area contributed by atoms with Crippen LogP contribution in [0, 0.1) is 0 Å². The van der Waals surface area contributed by atoms with E-state index < -0.39 is 8.07 Å². The molecule has 0 spiro atoms. The first kappa shape index (κ1) is 23.2. The number of rotatable bonds is 8. The van der Waals surface area contributed by atoms with Crippen LogP contribution in [0.15, 0.2) is 24.3 Å². The first-order valence-electron chi connectivity index (χ1n) is 10.8. The molecular weight excluding hydrogens is 406 g/mol. The summed E-state index contributed by atoms with van der Waals surface area (Å²) in [5.74, 6) is 3.17. The van der Waals surface area contributed by atoms with Gasteiger partial charge in [0.05, 0.1) is 42.1 Å². The summed E-state index contributed by atoms with van der Waals surface area (Å²) in [5.41, 5.74) is 5.54. The van der Waals surface area contributed by atoms with Gasteiger partial charge in [0, 0.05) is 12.0 Å². The topological polar surface area (TPSA) is 39.9 Å². The molecule has 0 N–H and O–H groups in total. The molecule has 1 heterocycles. The highest BCUT2D eigenvalue weighted by Gasteiger charge is 2.30. The molecule has 0 fully saturated rings. The van der Waals surface area contributed by atoms with E-state index >= 15 is 0 Å². The molecule has 2 aromatic rings. The Hall–Kier alpha value is -2.47. The van der Waals surface area contributed by atoms with Gasteiger partial charge in [-0.05, 0) is 34.9 Å². The number of methoxy groups -OCH3 is 4. The SMILES string of the molecule is COc1cc2c(cc1OC)CC[N+](Cc1c(C(C)[Si](C)(C)C)ccc(OC)c1OC)=C2. The minimum atomic E-state index is -1.40. The van der Waals surface area contributed by atoms with Crippen LogP contribution in [-0.2, 0) is 13.0 Å². The molecule has 1 aliphatic rings. The largest absolute Gasteiger partial charge is 0.493 e. The van der Waals surface area contributed by atoms with Crippen LogP contribution in [0.2, 0.25) is 19.6 Å². The summed E-state index contributed by atoms with van der Waals surface area (Å²) in [6.07, 6.45) is 3.18. The summed E-state index contributed by atoms with van der Waals surface area (Å²) in [4.78, 5) is 0. The van der Waals surface area contributed by atoms with Crippen LogP contribution in [0.3, 0.4) is 0 Å². The molecule has 2 aromatic carbocycles. The van der Waals surface area contributed by atoms with Gasteiger partial charge < -0.3 is 18.9 Å². The van der Waals surface area contributed by atoms with Crippen molar-refractivity contribution in [1.82, 2.24) is 0 Å². The molecule has 3 rings (SSSR count). The Balaban J connectivity index is 2.07. The molecule has 6 heteroatoms. The molecule has 1 atom stereocenters. The monoisotopic (exact) mass is 442 g/mol. The quantitative estimate of drug-likeness (QED) is 0.431. The van der Waals surface area contributed by atoms with Crippen molar-refractivity contribution in [2.45, 2.75) is 45.1 Å². The zero-order valence-electron chi connectivity index (χ0n) is 20.2. The van der Waals surface area contributed by atoms with Crippen LogP contribution < -0.4 is 18.9 Å². The predicted molar refractivity (Wildman–Crippen MR) is 129 cm³/mol. The smallest absolute Gasteiger partial charge is 0.172 e. The van der Waals surface area contributed by atoms with E-state index in [9.17, 15) is 0 Å². The van der Waals surface area contributed by atoms with Gasteiger partial charge in [0.1, 0.15) is 6.54 Å². The minimum Gasteiger partial charge on any atom is -0.493 e. The van der Waals surface area contributed by atoms with Crippen molar-refractivity contribution in [3.8, 4) is 23.0 Å². The first-order valence-corrected chi connectivity index (χ1v) is 14.4. The summed E-state index contributed by atoms with van der Waals surface area (Å²) in [7, 11) is 5.39. The average molecular weight is 443 g/mol. The van der Waals surface area contributed by atoms with E-state index in [4.69, 9.17) is 18.9 Å². The van der Waals surface area contributed by atoms with Crippen molar-refractivity contribution in [3.63, 3.8) is 0 Å². The maximum Gasteiger partial charge on any atom is 0.172 e. The fourth-order valence-electron chi connectivity index (χ4n) is 4.17. The molecule has 5 nitrogen and oxygen atoms in total. The third kappa shape index (κ3) is 4.74. The lowest BCUT2D eigenvalue weighted by molar-refractivity contribution is -0.540. The van der Waals surface area contributed by atoms with Gasteiger partial charge >= 0.3 is 0 Å². The van der Waals surface area contributed by atoms with E-state index in [0.29, 0.717) is 5.54 Å². The molecule has 0 saturated heterocycles. The van der Waals surface area contributed by atoms with Gasteiger partial charge in [0.15, 0.2) is 35.8 Å². The molecule has 31 heavy (non-hydrogen) atoms. The van der Waals surface area contributed by atoms with Gasteiger partial charge in [-0.25, -0.2) is 4.58 Å². The maximum absolute atomic E-state index is 5.86. The van der Waals surface area contributed by atoms with Crippen LogP contribution in [0.1, 0.15) is 34.7 Å². The first-order chi connectivity index (χ1) is 14.7. The zero-order chi connectivity index (χ0) is 22.8. The van der Waals surface area contributed by atoms with E-state index in [1.165, 1.54) is 22.3 Å². The van der Waals surface area contributed by atoms with Gasteiger partial charge in [-0.1, -0.05) is 32.6 Å².